The highest BCUT2D eigenvalue weighted by Crippen LogP contribution is 2.09. The van der Waals surface area contributed by atoms with Crippen LogP contribution in [0.2, 0.25) is 12.6 Å². The number of hydrogen-bond acceptors (Lipinski definition) is 0. The normalized spacial score (nSPS) is 15.2. The fourth-order valence-electron chi connectivity index (χ4n) is 1.29. The van der Waals surface area contributed by atoms with Gasteiger partial charge in [0.15, 0.2) is 0 Å². The van der Waals surface area contributed by atoms with E-state index in [0.29, 0.717) is 0 Å². The van der Waals surface area contributed by atoms with Gasteiger partial charge in [-0.25, -0.2) is 0 Å². The second kappa shape index (κ2) is 3.72. The summed E-state index contributed by atoms with van der Waals surface area (Å²) < 4.78 is 0. The molecule has 1 heteroatoms. The molecule has 0 aliphatic rings. The molecule has 0 radical (unpaired) electrons. The average molecular weight is 176 g/mol. The van der Waals surface area contributed by atoms with Gasteiger partial charge in [-0.2, -0.15) is 0 Å². The summed E-state index contributed by atoms with van der Waals surface area (Å²) in [5.74, 6) is 0. The molecule has 1 aromatic carbocycles. The summed E-state index contributed by atoms with van der Waals surface area (Å²) in [4.78, 5) is 0. The van der Waals surface area contributed by atoms with Gasteiger partial charge in [-0.3, -0.25) is 0 Å². The van der Waals surface area contributed by atoms with E-state index in [2.05, 4.69) is 56.1 Å². The van der Waals surface area contributed by atoms with Crippen molar-refractivity contribution in [2.75, 3.05) is 0 Å². The van der Waals surface area contributed by atoms with Gasteiger partial charge < -0.3 is 0 Å². The summed E-state index contributed by atoms with van der Waals surface area (Å²) >= 11 is 0. The van der Waals surface area contributed by atoms with Crippen LogP contribution in [-0.2, 0) is 0 Å². The fourth-order valence-corrected chi connectivity index (χ4v) is 3.17. The Morgan fingerprint density at radius 2 is 1.92 bits per heavy atom. The first-order valence-electron chi connectivity index (χ1n) is 4.42. The summed E-state index contributed by atoms with van der Waals surface area (Å²) in [6.45, 7) is 8.55. The Morgan fingerprint density at radius 1 is 1.33 bits per heavy atom. The molecule has 0 nitrogen and oxygen atoms in total. The topological polar surface area (TPSA) is 0 Å². The average Bonchev–Trinajstić information content (AvgIpc) is 2.18. The van der Waals surface area contributed by atoms with Crippen LogP contribution in [0, 0.1) is 0 Å². The minimum Gasteiger partial charge on any atom is -0.107 e. The van der Waals surface area contributed by atoms with Crippen molar-refractivity contribution >= 4 is 13.3 Å². The van der Waals surface area contributed by atoms with Crippen molar-refractivity contribution in [1.82, 2.24) is 0 Å². The molecule has 64 valence electrons. The minimum atomic E-state index is -1.31. The third-order valence-corrected chi connectivity index (χ3v) is 6.64. The molecule has 0 bridgehead atoms. The largest absolute Gasteiger partial charge is 0.107 e. The molecule has 1 rings (SSSR count). The van der Waals surface area contributed by atoms with E-state index < -0.39 is 8.07 Å². The Hall–Kier alpha value is -0.823. The van der Waals surface area contributed by atoms with Crippen molar-refractivity contribution < 1.29 is 0 Å². The van der Waals surface area contributed by atoms with E-state index in [0.717, 1.165) is 0 Å². The van der Waals surface area contributed by atoms with E-state index in [9.17, 15) is 0 Å². The highest BCUT2D eigenvalue weighted by Gasteiger charge is 2.22. The molecule has 1 unspecified atom stereocenters. The van der Waals surface area contributed by atoms with E-state index in [1.807, 2.05) is 0 Å². The monoisotopic (exact) mass is 176 g/mol. The molecule has 0 amide bonds. The van der Waals surface area contributed by atoms with Crippen molar-refractivity contribution in [1.29, 1.82) is 0 Å². The number of rotatable bonds is 3. The standard InChI is InChI=1S/C11H16Si/c1-4-12(3,5-2)11-9-7-6-8-10-11/h4,6-10H,1,5H2,2-3H3. The van der Waals surface area contributed by atoms with Crippen LogP contribution in [0.5, 0.6) is 0 Å². The zero-order valence-corrected chi connectivity index (χ0v) is 8.88. The molecule has 0 aliphatic heterocycles. The highest BCUT2D eigenvalue weighted by molar-refractivity contribution is 6.94. The van der Waals surface area contributed by atoms with Crippen LogP contribution in [0.4, 0.5) is 0 Å². The first-order chi connectivity index (χ1) is 5.73. The van der Waals surface area contributed by atoms with Gasteiger partial charge in [0.25, 0.3) is 0 Å². The highest BCUT2D eigenvalue weighted by atomic mass is 28.3. The summed E-state index contributed by atoms with van der Waals surface area (Å²) in [6.07, 6.45) is 0. The van der Waals surface area contributed by atoms with Gasteiger partial charge in [-0.05, 0) is 0 Å². The van der Waals surface area contributed by atoms with Gasteiger partial charge in [0, 0.05) is 0 Å². The van der Waals surface area contributed by atoms with Gasteiger partial charge >= 0.3 is 0 Å². The molecule has 12 heavy (non-hydrogen) atoms. The van der Waals surface area contributed by atoms with Crippen molar-refractivity contribution in [2.45, 2.75) is 19.5 Å². The summed E-state index contributed by atoms with van der Waals surface area (Å²) in [6, 6.07) is 12.0. The molecule has 0 aliphatic carbocycles. The molecule has 0 spiro atoms. The van der Waals surface area contributed by atoms with Gasteiger partial charge in [0.2, 0.25) is 0 Å². The van der Waals surface area contributed by atoms with E-state index in [-0.39, 0.29) is 0 Å². The molecule has 0 saturated heterocycles. The van der Waals surface area contributed by atoms with Crippen molar-refractivity contribution in [3.05, 3.63) is 42.6 Å². The van der Waals surface area contributed by atoms with Crippen LogP contribution in [-0.4, -0.2) is 8.07 Å². The van der Waals surface area contributed by atoms with Crippen LogP contribution in [0.25, 0.3) is 0 Å². The molecule has 0 fully saturated rings. The molecular formula is C11H16Si. The quantitative estimate of drug-likeness (QED) is 0.621. The zero-order valence-electron chi connectivity index (χ0n) is 7.88. The van der Waals surface area contributed by atoms with Crippen molar-refractivity contribution in [3.8, 4) is 0 Å². The van der Waals surface area contributed by atoms with E-state index in [4.69, 9.17) is 0 Å². The second-order valence-electron chi connectivity index (χ2n) is 3.34. The molecule has 0 N–H and O–H groups in total. The SMILES string of the molecule is C=C[Si](C)(CC)c1ccccc1. The Labute approximate surface area is 75.9 Å². The maximum atomic E-state index is 3.94. The predicted molar refractivity (Wildman–Crippen MR) is 58.4 cm³/mol. The molecule has 1 atom stereocenters. The van der Waals surface area contributed by atoms with Crippen molar-refractivity contribution in [2.24, 2.45) is 0 Å². The van der Waals surface area contributed by atoms with E-state index in [1.54, 1.807) is 0 Å². The van der Waals surface area contributed by atoms with Gasteiger partial charge in [-0.15, -0.1) is 6.58 Å². The molecule has 0 aromatic heterocycles. The minimum absolute atomic E-state index is 1.24. The van der Waals surface area contributed by atoms with E-state index in [1.165, 1.54) is 11.2 Å². The van der Waals surface area contributed by atoms with Crippen LogP contribution in [0.3, 0.4) is 0 Å². The Kier molecular flexibility index (Phi) is 2.87. The lowest BCUT2D eigenvalue weighted by Gasteiger charge is -2.21. The Balaban J connectivity index is 3.03. The number of benzene rings is 1. The smallest absolute Gasteiger partial charge is 0.106 e. The maximum Gasteiger partial charge on any atom is 0.106 e. The first-order valence-corrected chi connectivity index (χ1v) is 7.20. The number of hydrogen-bond donors (Lipinski definition) is 0. The van der Waals surface area contributed by atoms with Crippen molar-refractivity contribution in [3.63, 3.8) is 0 Å². The van der Waals surface area contributed by atoms with Crippen LogP contribution < -0.4 is 5.19 Å². The summed E-state index contributed by atoms with van der Waals surface area (Å²) in [5.41, 5.74) is 2.17. The van der Waals surface area contributed by atoms with Crippen LogP contribution in [0.15, 0.2) is 42.6 Å². The Morgan fingerprint density at radius 3 is 2.33 bits per heavy atom. The lowest BCUT2D eigenvalue weighted by Crippen LogP contribution is -2.41. The summed E-state index contributed by atoms with van der Waals surface area (Å²) in [7, 11) is -1.31. The maximum absolute atomic E-state index is 3.94. The second-order valence-corrected chi connectivity index (χ2v) is 7.87. The predicted octanol–water partition coefficient (Wildman–Crippen LogP) is 2.72. The lowest BCUT2D eigenvalue weighted by atomic mass is 10.4. The molecule has 0 saturated carbocycles. The third-order valence-electron chi connectivity index (χ3n) is 2.62. The lowest BCUT2D eigenvalue weighted by molar-refractivity contribution is 1.39. The van der Waals surface area contributed by atoms with Gasteiger partial charge in [0.05, 0.1) is 0 Å². The van der Waals surface area contributed by atoms with E-state index >= 15 is 0 Å². The Bertz CT molecular complexity index is 253. The van der Waals surface area contributed by atoms with Gasteiger partial charge in [0.1, 0.15) is 8.07 Å². The fraction of sp³-hybridized carbons (Fsp3) is 0.273. The van der Waals surface area contributed by atoms with Crippen LogP contribution in [0.1, 0.15) is 6.92 Å². The third kappa shape index (κ3) is 1.67. The van der Waals surface area contributed by atoms with Gasteiger partial charge in [-0.1, -0.05) is 60.7 Å². The first kappa shape index (κ1) is 9.27. The molecule has 1 aromatic rings. The molecular weight excluding hydrogens is 160 g/mol. The zero-order chi connectivity index (χ0) is 9.03. The van der Waals surface area contributed by atoms with Crippen LogP contribution >= 0.6 is 0 Å². The summed E-state index contributed by atoms with van der Waals surface area (Å²) in [5, 5.41) is 1.49. The molecule has 0 heterocycles.